The molecular weight excluding hydrogens is 469 g/mol. The van der Waals surface area contributed by atoms with Crippen molar-refractivity contribution in [3.05, 3.63) is 0 Å². The summed E-state index contributed by atoms with van der Waals surface area (Å²) in [4.78, 5) is 30.4. The Morgan fingerprint density at radius 3 is 1.03 bits per heavy atom. The molecule has 0 aromatic carbocycles. The van der Waals surface area contributed by atoms with Gasteiger partial charge in [0.1, 0.15) is 22.8 Å². The van der Waals surface area contributed by atoms with Gasteiger partial charge in [0.15, 0.2) is 11.1 Å². The van der Waals surface area contributed by atoms with E-state index in [9.17, 15) is 32.6 Å². The van der Waals surface area contributed by atoms with Gasteiger partial charge in [-0.1, -0.05) is 13.8 Å². The van der Waals surface area contributed by atoms with Crippen LogP contribution in [0.5, 0.6) is 0 Å². The Kier molecular flexibility index (Phi) is 27.7. The van der Waals surface area contributed by atoms with Crippen LogP contribution in [0.1, 0.15) is 40.5 Å². The molecule has 0 heterocycles. The third kappa shape index (κ3) is 65.3. The van der Waals surface area contributed by atoms with Gasteiger partial charge in [0, 0.05) is 26.3 Å². The van der Waals surface area contributed by atoms with Gasteiger partial charge in [0.05, 0.1) is 26.4 Å². The molecule has 0 saturated carbocycles. The standard InChI is InChI=1S/2C4H11O3P.C3H9O3P.C3H8O2S/c2*1-3-4-7-8(2,5)6;1-3-6-7(2,4)5;1-3-5-6(2)4/h2*3-4H2,1-2H3,(H,5,6);3H2,1-2H3,(H,4,5);3H2,1-2H3/p-3. The summed E-state index contributed by atoms with van der Waals surface area (Å²) in [5.74, 6) is 0. The molecule has 0 rings (SSSR count). The van der Waals surface area contributed by atoms with Crippen molar-refractivity contribution < 1.29 is 50.3 Å². The Bertz CT molecular complexity index is 487. The van der Waals surface area contributed by atoms with E-state index in [-0.39, 0.29) is 6.61 Å². The SMILES string of the molecule is CCCOP(C)(=O)[O-].CCCOP(C)(=O)[O-].CCOP(C)(=O)[O-].CCOS(C)=O. The minimum Gasteiger partial charge on any atom is -0.779 e. The topological polar surface area (TPSA) is 174 Å². The van der Waals surface area contributed by atoms with Crippen molar-refractivity contribution in [1.29, 1.82) is 0 Å². The maximum Gasteiger partial charge on any atom is 0.152 e. The number of hydrogen-bond donors (Lipinski definition) is 0. The van der Waals surface area contributed by atoms with E-state index < -0.39 is 33.9 Å². The van der Waals surface area contributed by atoms with Crippen molar-refractivity contribution in [1.82, 2.24) is 0 Å². The van der Waals surface area contributed by atoms with E-state index in [4.69, 9.17) is 0 Å². The maximum absolute atomic E-state index is 10.2. The molecule has 0 amide bonds. The van der Waals surface area contributed by atoms with Gasteiger partial charge >= 0.3 is 0 Å². The molecule has 0 aromatic heterocycles. The van der Waals surface area contributed by atoms with Crippen LogP contribution in [0.2, 0.25) is 0 Å². The summed E-state index contributed by atoms with van der Waals surface area (Å²) in [7, 11) is -10.3. The first kappa shape index (κ1) is 36.9. The van der Waals surface area contributed by atoms with Crippen LogP contribution < -0.4 is 14.7 Å². The normalized spacial score (nSPS) is 17.3. The smallest absolute Gasteiger partial charge is 0.152 e. The monoisotopic (exact) mass is 505 g/mol. The average Bonchev–Trinajstić information content (AvgIpc) is 2.50. The molecule has 0 aliphatic rings. The second kappa shape index (κ2) is 21.8. The van der Waals surface area contributed by atoms with Crippen LogP contribution in [0.3, 0.4) is 0 Å². The molecule has 0 spiro atoms. The van der Waals surface area contributed by atoms with E-state index in [0.717, 1.165) is 32.8 Å². The Balaban J connectivity index is -0.000000145. The van der Waals surface area contributed by atoms with Gasteiger partial charge in [0.25, 0.3) is 0 Å². The molecule has 4 unspecified atom stereocenters. The molecule has 15 heteroatoms. The van der Waals surface area contributed by atoms with E-state index in [1.54, 1.807) is 13.8 Å². The average molecular weight is 505 g/mol. The maximum atomic E-state index is 10.2. The minimum atomic E-state index is -3.43. The highest BCUT2D eigenvalue weighted by atomic mass is 32.2. The highest BCUT2D eigenvalue weighted by Crippen LogP contribution is 2.31. The van der Waals surface area contributed by atoms with Gasteiger partial charge < -0.3 is 41.9 Å². The van der Waals surface area contributed by atoms with Gasteiger partial charge in [-0.15, -0.1) is 0 Å². The molecule has 0 aliphatic heterocycles. The van der Waals surface area contributed by atoms with Crippen LogP contribution in [-0.2, 0) is 42.5 Å². The van der Waals surface area contributed by atoms with Crippen LogP contribution >= 0.6 is 22.8 Å². The third-order valence-electron chi connectivity index (χ3n) is 1.71. The lowest BCUT2D eigenvalue weighted by molar-refractivity contribution is -0.197. The fraction of sp³-hybridized carbons (Fsp3) is 1.00. The Hall–Kier alpha value is 0.560. The summed E-state index contributed by atoms with van der Waals surface area (Å²) in [5.41, 5.74) is 0. The molecule has 0 radical (unpaired) electrons. The van der Waals surface area contributed by atoms with E-state index in [2.05, 4.69) is 17.8 Å². The predicted molar refractivity (Wildman–Crippen MR) is 110 cm³/mol. The van der Waals surface area contributed by atoms with Gasteiger partial charge in [-0.3, -0.25) is 4.18 Å². The van der Waals surface area contributed by atoms with Crippen LogP contribution in [0.15, 0.2) is 0 Å². The lowest BCUT2D eigenvalue weighted by atomic mass is 10.5. The zero-order valence-corrected chi connectivity index (χ0v) is 22.0. The first-order valence-electron chi connectivity index (χ1n) is 8.71. The molecule has 0 aliphatic carbocycles. The largest absolute Gasteiger partial charge is 0.779 e. The Morgan fingerprint density at radius 2 is 1.00 bits per heavy atom. The second-order valence-electron chi connectivity index (χ2n) is 5.21. The molecule has 29 heavy (non-hydrogen) atoms. The molecule has 182 valence electrons. The van der Waals surface area contributed by atoms with Crippen LogP contribution in [0.4, 0.5) is 0 Å². The number of hydrogen-bond acceptors (Lipinski definition) is 11. The zero-order valence-electron chi connectivity index (χ0n) is 18.5. The van der Waals surface area contributed by atoms with Crippen molar-refractivity contribution in [2.75, 3.05) is 52.7 Å². The van der Waals surface area contributed by atoms with Crippen LogP contribution in [-0.4, -0.2) is 56.9 Å². The fourth-order valence-electron chi connectivity index (χ4n) is 0.915. The Morgan fingerprint density at radius 1 is 0.690 bits per heavy atom. The first-order chi connectivity index (χ1) is 13.0. The van der Waals surface area contributed by atoms with Gasteiger partial charge in [0.2, 0.25) is 0 Å². The molecular formula is C14H36O11P3S-3. The lowest BCUT2D eigenvalue weighted by Crippen LogP contribution is -2.02. The van der Waals surface area contributed by atoms with Crippen molar-refractivity contribution in [2.24, 2.45) is 0 Å². The summed E-state index contributed by atoms with van der Waals surface area (Å²) in [6.45, 7) is 11.7. The summed E-state index contributed by atoms with van der Waals surface area (Å²) in [6.07, 6.45) is 2.98. The first-order valence-corrected chi connectivity index (χ1v) is 16.2. The van der Waals surface area contributed by atoms with E-state index in [1.165, 1.54) is 6.26 Å². The molecule has 0 saturated heterocycles. The quantitative estimate of drug-likeness (QED) is 0.395. The number of rotatable bonds is 10. The third-order valence-corrected chi connectivity index (χ3v) is 4.31. The molecule has 0 N–H and O–H groups in total. The van der Waals surface area contributed by atoms with Crippen molar-refractivity contribution in [3.63, 3.8) is 0 Å². The van der Waals surface area contributed by atoms with Gasteiger partial charge in [-0.05, 0) is 26.7 Å². The predicted octanol–water partition coefficient (Wildman–Crippen LogP) is 1.71. The van der Waals surface area contributed by atoms with E-state index >= 15 is 0 Å². The fourth-order valence-corrected chi connectivity index (χ4v) is 2.74. The van der Waals surface area contributed by atoms with Gasteiger partial charge in [-0.25, -0.2) is 4.21 Å². The molecule has 11 nitrogen and oxygen atoms in total. The Labute approximate surface area is 177 Å². The van der Waals surface area contributed by atoms with E-state index in [0.29, 0.717) is 19.8 Å². The molecule has 0 bridgehead atoms. The summed E-state index contributed by atoms with van der Waals surface area (Å²) < 4.78 is 57.9. The molecule has 0 aromatic rings. The lowest BCUT2D eigenvalue weighted by Gasteiger charge is -2.16. The highest BCUT2D eigenvalue weighted by molar-refractivity contribution is 7.79. The second-order valence-corrected chi connectivity index (χ2v) is 11.6. The summed E-state index contributed by atoms with van der Waals surface area (Å²) in [5, 5.41) is 0. The van der Waals surface area contributed by atoms with Crippen molar-refractivity contribution >= 4 is 33.9 Å². The minimum absolute atomic E-state index is 0.233. The molecule has 4 atom stereocenters. The van der Waals surface area contributed by atoms with Gasteiger partial charge in [-0.2, -0.15) is 0 Å². The van der Waals surface area contributed by atoms with Crippen LogP contribution in [0.25, 0.3) is 0 Å². The highest BCUT2D eigenvalue weighted by Gasteiger charge is 1.95. The van der Waals surface area contributed by atoms with Crippen LogP contribution in [0, 0.1) is 0 Å². The summed E-state index contributed by atoms with van der Waals surface area (Å²) >= 11 is -1.07. The summed E-state index contributed by atoms with van der Waals surface area (Å²) in [6, 6.07) is 0. The van der Waals surface area contributed by atoms with E-state index in [1.807, 2.05) is 13.8 Å². The van der Waals surface area contributed by atoms with Crippen molar-refractivity contribution in [2.45, 2.75) is 40.5 Å². The molecule has 0 fully saturated rings. The van der Waals surface area contributed by atoms with Crippen molar-refractivity contribution in [3.8, 4) is 0 Å². The zero-order chi connectivity index (χ0) is 24.1.